The van der Waals surface area contributed by atoms with Gasteiger partial charge in [-0.3, -0.25) is 20.0 Å². The molecule has 6 rings (SSSR count). The molecule has 0 radical (unpaired) electrons. The summed E-state index contributed by atoms with van der Waals surface area (Å²) in [7, 11) is 0. The summed E-state index contributed by atoms with van der Waals surface area (Å²) in [6.07, 6.45) is 10.7. The number of allylic oxidation sites excluding steroid dienone is 3. The number of aromatic amines is 2. The van der Waals surface area contributed by atoms with Gasteiger partial charge in [0, 0.05) is 42.0 Å². The van der Waals surface area contributed by atoms with Crippen LogP contribution in [-0.2, 0) is 0 Å². The maximum atomic E-state index is 13.9. The van der Waals surface area contributed by atoms with Crippen LogP contribution < -0.4 is 0 Å². The van der Waals surface area contributed by atoms with Gasteiger partial charge in [0.05, 0.1) is 41.4 Å². The van der Waals surface area contributed by atoms with E-state index in [0.29, 0.717) is 18.8 Å². The van der Waals surface area contributed by atoms with Crippen LogP contribution in [0.2, 0.25) is 0 Å². The summed E-state index contributed by atoms with van der Waals surface area (Å²) in [5.74, 6) is -2.95. The first-order valence-electron chi connectivity index (χ1n) is 13.0. The third kappa shape index (κ3) is 4.96. The van der Waals surface area contributed by atoms with Gasteiger partial charge in [0.25, 0.3) is 5.92 Å². The standard InChI is InChI=1S/C31H27F3N6/c1-3-19(17-40-9-8-31(33,34)18-40)10-20(4-2)26-13-24-29(16-36-26)38-39-30(24)27-12-23-25(14-35-15-28(23)37-27)21-6-5-7-22(32)11-21/h3-7,10-16,37H,1,8-9,17-18H2,2H3,(H,38,39)/b19-10+,20-4+. The Kier molecular flexibility index (Phi) is 6.59. The van der Waals surface area contributed by atoms with E-state index in [0.717, 1.165) is 55.5 Å². The van der Waals surface area contributed by atoms with Gasteiger partial charge in [0.1, 0.15) is 11.5 Å². The van der Waals surface area contributed by atoms with Gasteiger partial charge in [-0.15, -0.1) is 0 Å². The van der Waals surface area contributed by atoms with E-state index in [1.165, 1.54) is 12.1 Å². The lowest BCUT2D eigenvalue weighted by molar-refractivity contribution is 0.0131. The number of aromatic nitrogens is 5. The molecule has 1 saturated heterocycles. The molecule has 5 aromatic rings. The molecule has 1 aliphatic heterocycles. The molecule has 0 bridgehead atoms. The number of nitrogens with zero attached hydrogens (tertiary/aromatic N) is 4. The average Bonchev–Trinajstić information content (AvgIpc) is 3.66. The SMILES string of the molecule is C=C/C(=C\C(=C/C)c1cc2c(-c3cc4c(-c5cccc(F)c5)cncc4[nH]3)n[nH]c2cn1)CN1CCC(F)(F)C1. The van der Waals surface area contributed by atoms with Crippen molar-refractivity contribution < 1.29 is 13.2 Å². The molecular formula is C31H27F3N6. The number of nitrogens with one attached hydrogen (secondary N) is 2. The van der Waals surface area contributed by atoms with E-state index in [1.807, 2.05) is 37.3 Å². The zero-order chi connectivity index (χ0) is 27.9. The van der Waals surface area contributed by atoms with E-state index in [-0.39, 0.29) is 18.8 Å². The predicted octanol–water partition coefficient (Wildman–Crippen LogP) is 7.16. The van der Waals surface area contributed by atoms with Crippen LogP contribution in [-0.4, -0.2) is 55.6 Å². The molecule has 6 nitrogen and oxygen atoms in total. The van der Waals surface area contributed by atoms with Gasteiger partial charge in [0.15, 0.2) is 0 Å². The van der Waals surface area contributed by atoms with Crippen molar-refractivity contribution in [1.82, 2.24) is 30.0 Å². The Labute approximate surface area is 229 Å². The van der Waals surface area contributed by atoms with Crippen LogP contribution in [0.25, 0.3) is 49.9 Å². The number of H-pyrrole nitrogens is 2. The maximum Gasteiger partial charge on any atom is 0.261 e. The summed E-state index contributed by atoms with van der Waals surface area (Å²) in [5, 5.41) is 9.38. The molecule has 0 spiro atoms. The van der Waals surface area contributed by atoms with Crippen molar-refractivity contribution in [1.29, 1.82) is 0 Å². The van der Waals surface area contributed by atoms with Gasteiger partial charge in [-0.05, 0) is 54.0 Å². The van der Waals surface area contributed by atoms with Crippen molar-refractivity contribution in [2.24, 2.45) is 0 Å². The monoisotopic (exact) mass is 540 g/mol. The number of fused-ring (bicyclic) bond motifs is 2. The molecule has 4 aromatic heterocycles. The lowest BCUT2D eigenvalue weighted by atomic mass is 10.0. The summed E-state index contributed by atoms with van der Waals surface area (Å²) in [6, 6.07) is 10.4. The lowest BCUT2D eigenvalue weighted by Crippen LogP contribution is -2.26. The van der Waals surface area contributed by atoms with E-state index in [4.69, 9.17) is 0 Å². The van der Waals surface area contributed by atoms with Gasteiger partial charge in [0.2, 0.25) is 0 Å². The minimum atomic E-state index is -2.64. The highest BCUT2D eigenvalue weighted by molar-refractivity contribution is 6.01. The van der Waals surface area contributed by atoms with Crippen molar-refractivity contribution in [2.75, 3.05) is 19.6 Å². The molecule has 40 heavy (non-hydrogen) atoms. The normalized spacial score (nSPS) is 16.3. The van der Waals surface area contributed by atoms with Crippen molar-refractivity contribution >= 4 is 27.4 Å². The highest BCUT2D eigenvalue weighted by Gasteiger charge is 2.37. The van der Waals surface area contributed by atoms with Crippen LogP contribution in [0.15, 0.2) is 85.4 Å². The van der Waals surface area contributed by atoms with Crippen molar-refractivity contribution in [2.45, 2.75) is 19.3 Å². The number of hydrogen-bond acceptors (Lipinski definition) is 4. The molecule has 1 aromatic carbocycles. The van der Waals surface area contributed by atoms with Crippen LogP contribution in [0.1, 0.15) is 19.0 Å². The first kappa shape index (κ1) is 25.8. The van der Waals surface area contributed by atoms with E-state index >= 15 is 0 Å². The highest BCUT2D eigenvalue weighted by atomic mass is 19.3. The Balaban J connectivity index is 1.35. The van der Waals surface area contributed by atoms with Crippen molar-refractivity contribution in [3.63, 3.8) is 0 Å². The predicted molar refractivity (Wildman–Crippen MR) is 152 cm³/mol. The third-order valence-electron chi connectivity index (χ3n) is 7.25. The number of pyridine rings is 2. The van der Waals surface area contributed by atoms with E-state index < -0.39 is 5.92 Å². The molecule has 0 amide bonds. The zero-order valence-corrected chi connectivity index (χ0v) is 21.9. The Hall–Kier alpha value is -4.50. The van der Waals surface area contributed by atoms with Crippen LogP contribution in [0.5, 0.6) is 0 Å². The molecule has 202 valence electrons. The summed E-state index contributed by atoms with van der Waals surface area (Å²) in [6.45, 7) is 6.32. The molecule has 5 heterocycles. The molecule has 2 N–H and O–H groups in total. The summed E-state index contributed by atoms with van der Waals surface area (Å²) >= 11 is 0. The fraction of sp³-hybridized carbons (Fsp3) is 0.194. The van der Waals surface area contributed by atoms with Crippen LogP contribution in [0.4, 0.5) is 13.2 Å². The number of halogens is 3. The van der Waals surface area contributed by atoms with Gasteiger partial charge >= 0.3 is 0 Å². The highest BCUT2D eigenvalue weighted by Crippen LogP contribution is 2.34. The van der Waals surface area contributed by atoms with Crippen LogP contribution in [0, 0.1) is 5.82 Å². The zero-order valence-electron chi connectivity index (χ0n) is 21.9. The summed E-state index contributed by atoms with van der Waals surface area (Å²) < 4.78 is 41.3. The van der Waals surface area contributed by atoms with E-state index in [9.17, 15) is 13.2 Å². The number of hydrogen-bond donors (Lipinski definition) is 2. The van der Waals surface area contributed by atoms with Gasteiger partial charge in [-0.1, -0.05) is 30.9 Å². The van der Waals surface area contributed by atoms with Crippen molar-refractivity contribution in [3.8, 4) is 22.5 Å². The Morgan fingerprint density at radius 3 is 2.75 bits per heavy atom. The number of alkyl halides is 2. The molecular weight excluding hydrogens is 513 g/mol. The maximum absolute atomic E-state index is 13.9. The lowest BCUT2D eigenvalue weighted by Gasteiger charge is -2.16. The largest absolute Gasteiger partial charge is 0.352 e. The smallest absolute Gasteiger partial charge is 0.261 e. The topological polar surface area (TPSA) is 73.5 Å². The molecule has 0 atom stereocenters. The molecule has 1 fully saturated rings. The Bertz CT molecular complexity index is 1800. The summed E-state index contributed by atoms with van der Waals surface area (Å²) in [4.78, 5) is 14.1. The van der Waals surface area contributed by atoms with Gasteiger partial charge in [-0.25, -0.2) is 13.2 Å². The summed E-state index contributed by atoms with van der Waals surface area (Å²) in [5.41, 5.74) is 7.04. The average molecular weight is 541 g/mol. The van der Waals surface area contributed by atoms with E-state index in [2.05, 4.69) is 31.7 Å². The number of likely N-dealkylation sites (tertiary alicyclic amines) is 1. The third-order valence-corrected chi connectivity index (χ3v) is 7.25. The second-order valence-corrected chi connectivity index (χ2v) is 10.0. The van der Waals surface area contributed by atoms with Crippen LogP contribution in [0.3, 0.4) is 0 Å². The molecule has 9 heteroatoms. The fourth-order valence-corrected chi connectivity index (χ4v) is 5.22. The first-order chi connectivity index (χ1) is 19.3. The molecule has 0 aliphatic carbocycles. The number of rotatable bonds is 7. The fourth-order valence-electron chi connectivity index (χ4n) is 5.22. The minimum absolute atomic E-state index is 0.122. The molecule has 1 aliphatic rings. The van der Waals surface area contributed by atoms with Gasteiger partial charge < -0.3 is 4.98 Å². The first-order valence-corrected chi connectivity index (χ1v) is 13.0. The number of benzene rings is 1. The second-order valence-electron chi connectivity index (χ2n) is 10.0. The second kappa shape index (κ2) is 10.2. The molecule has 0 unspecified atom stereocenters. The quantitative estimate of drug-likeness (QED) is 0.215. The minimum Gasteiger partial charge on any atom is -0.352 e. The Morgan fingerprint density at radius 2 is 2.00 bits per heavy atom. The molecule has 0 saturated carbocycles. The van der Waals surface area contributed by atoms with Crippen molar-refractivity contribution in [3.05, 3.63) is 96.9 Å². The van der Waals surface area contributed by atoms with Gasteiger partial charge in [-0.2, -0.15) is 5.10 Å². The Morgan fingerprint density at radius 1 is 1.12 bits per heavy atom. The van der Waals surface area contributed by atoms with E-state index in [1.54, 1.807) is 35.6 Å². The van der Waals surface area contributed by atoms with Crippen LogP contribution >= 0.6 is 0 Å².